The minimum Gasteiger partial charge on any atom is -0.496 e. The molecule has 3 heterocycles. The van der Waals surface area contributed by atoms with Crippen molar-refractivity contribution in [2.45, 2.75) is 65.2 Å². The van der Waals surface area contributed by atoms with Crippen LogP contribution in [-0.2, 0) is 21.0 Å². The quantitative estimate of drug-likeness (QED) is 0.181. The molecule has 1 saturated heterocycles. The third-order valence-electron chi connectivity index (χ3n) is 8.67. The summed E-state index contributed by atoms with van der Waals surface area (Å²) in [7, 11) is 2.06. The van der Waals surface area contributed by atoms with E-state index in [2.05, 4.69) is 29.9 Å². The van der Waals surface area contributed by atoms with Crippen LogP contribution in [0.2, 0.25) is 25.7 Å². The Morgan fingerprint density at radius 1 is 1.00 bits per heavy atom. The number of carbonyl (C=O) groups is 2. The molecule has 2 aromatic heterocycles. The second-order valence-corrected chi connectivity index (χ2v) is 20.4. The number of fused-ring (bicyclic) bond motifs is 1. The van der Waals surface area contributed by atoms with Crippen LogP contribution in [0.25, 0.3) is 22.2 Å². The van der Waals surface area contributed by atoms with Gasteiger partial charge in [0.15, 0.2) is 0 Å². The lowest BCUT2D eigenvalue weighted by Gasteiger charge is -2.35. The average molecular weight is 666 g/mol. The number of nitrogens with zero attached hydrogens (tertiary/aromatic N) is 4. The number of hydrogen-bond acceptors (Lipinski definition) is 8. The maximum atomic E-state index is 13.3. The molecule has 1 N–H and O–H groups in total. The van der Waals surface area contributed by atoms with Crippen LogP contribution in [-0.4, -0.2) is 98.6 Å². The zero-order chi connectivity index (χ0) is 33.9. The molecule has 47 heavy (non-hydrogen) atoms. The lowest BCUT2D eigenvalue weighted by Crippen LogP contribution is -2.50. The van der Waals surface area contributed by atoms with Crippen molar-refractivity contribution in [1.82, 2.24) is 19.4 Å². The zero-order valence-corrected chi connectivity index (χ0v) is 30.2. The van der Waals surface area contributed by atoms with Crippen LogP contribution in [0, 0.1) is 11.8 Å². The normalized spacial score (nSPS) is 18.7. The van der Waals surface area contributed by atoms with Gasteiger partial charge in [-0.25, -0.2) is 9.78 Å². The first kappa shape index (κ1) is 34.7. The number of rotatable bonds is 12. The molecule has 2 fully saturated rings. The number of methoxy groups -OCH3 is 2. The molecule has 2 amide bonds. The van der Waals surface area contributed by atoms with Crippen molar-refractivity contribution >= 4 is 36.9 Å². The van der Waals surface area contributed by atoms with Gasteiger partial charge in [0, 0.05) is 70.5 Å². The van der Waals surface area contributed by atoms with Gasteiger partial charge in [-0.1, -0.05) is 25.7 Å². The van der Waals surface area contributed by atoms with Crippen LogP contribution >= 0.6 is 0 Å². The Kier molecular flexibility index (Phi) is 10.5. The first-order valence-corrected chi connectivity index (χ1v) is 20.3. The highest BCUT2D eigenvalue weighted by Crippen LogP contribution is 2.43. The molecule has 1 aliphatic heterocycles. The second-order valence-electron chi connectivity index (χ2n) is 14.8. The summed E-state index contributed by atoms with van der Waals surface area (Å²) in [6.45, 7) is 17.3. The average Bonchev–Trinajstić information content (AvgIpc) is 3.70. The van der Waals surface area contributed by atoms with Gasteiger partial charge in [-0.15, -0.1) is 0 Å². The molecule has 11 nitrogen and oxygen atoms in total. The topological polar surface area (TPSA) is 107 Å². The molecule has 0 bridgehead atoms. The molecular weight excluding hydrogens is 615 g/mol. The number of amides is 2. The van der Waals surface area contributed by atoms with Crippen LogP contribution in [0.1, 0.15) is 27.2 Å². The number of nitrogens with one attached hydrogen (secondary N) is 1. The monoisotopic (exact) mass is 665 g/mol. The fraction of sp³-hybridized carbons (Fsp3) is 0.571. The van der Waals surface area contributed by atoms with E-state index in [9.17, 15) is 9.59 Å². The molecule has 1 saturated carbocycles. The van der Waals surface area contributed by atoms with Gasteiger partial charge >= 0.3 is 6.09 Å². The van der Waals surface area contributed by atoms with E-state index in [0.29, 0.717) is 55.3 Å². The van der Waals surface area contributed by atoms with E-state index < -0.39 is 13.7 Å². The Morgan fingerprint density at radius 3 is 2.30 bits per heavy atom. The summed E-state index contributed by atoms with van der Waals surface area (Å²) < 4.78 is 25.1. The summed E-state index contributed by atoms with van der Waals surface area (Å²) in [5.74, 6) is 2.14. The van der Waals surface area contributed by atoms with E-state index in [1.54, 1.807) is 19.1 Å². The van der Waals surface area contributed by atoms with Gasteiger partial charge in [0.05, 0.1) is 19.8 Å². The first-order valence-electron chi connectivity index (χ1n) is 16.6. The van der Waals surface area contributed by atoms with Crippen molar-refractivity contribution in [2.75, 3.05) is 58.9 Å². The third kappa shape index (κ3) is 8.85. The van der Waals surface area contributed by atoms with E-state index in [1.165, 1.54) is 0 Å². The molecular formula is C35H51N5O6Si. The molecule has 256 valence electrons. The van der Waals surface area contributed by atoms with Gasteiger partial charge < -0.3 is 33.7 Å². The van der Waals surface area contributed by atoms with Gasteiger partial charge in [0.25, 0.3) is 0 Å². The zero-order valence-electron chi connectivity index (χ0n) is 29.2. The van der Waals surface area contributed by atoms with Gasteiger partial charge in [-0.2, -0.15) is 0 Å². The SMILES string of the molecule is COc1cccc(OC)c1-c1cn(COCC[Si](C)(C)C)c2nc(NC(=O)[C@H]3C[C@H]3CN3CCN(C(=O)OC(C)(C)C)CC3)ccc12. The standard InChI is InChI=1S/C35H51N5O6Si/c1-35(2,3)46-34(42)39-16-14-38(15-17-39)21-24-20-26(24)33(41)37-30-13-12-25-27(31-28(43-4)10-9-11-29(31)44-5)22-40(32(25)36-30)23-45-18-19-47(6,7)8/h9-13,22,24,26H,14-21,23H2,1-8H3,(H,36,37,41)/t24-,26-/m0/s1. The second kappa shape index (κ2) is 14.2. The molecule has 5 rings (SSSR count). The predicted molar refractivity (Wildman–Crippen MR) is 187 cm³/mol. The van der Waals surface area contributed by atoms with Crippen LogP contribution in [0.3, 0.4) is 0 Å². The number of aromatic nitrogens is 2. The summed E-state index contributed by atoms with van der Waals surface area (Å²) in [6, 6.07) is 10.7. The van der Waals surface area contributed by atoms with E-state index in [-0.39, 0.29) is 17.9 Å². The van der Waals surface area contributed by atoms with Crippen LogP contribution in [0.15, 0.2) is 36.5 Å². The first-order chi connectivity index (χ1) is 22.3. The number of piperazine rings is 1. The lowest BCUT2D eigenvalue weighted by atomic mass is 10.0. The van der Waals surface area contributed by atoms with Crippen molar-refractivity contribution in [3.05, 3.63) is 36.5 Å². The Labute approximate surface area is 279 Å². The van der Waals surface area contributed by atoms with Gasteiger partial charge in [-0.3, -0.25) is 9.69 Å². The Hall–Kier alpha value is -3.61. The smallest absolute Gasteiger partial charge is 0.410 e. The van der Waals surface area contributed by atoms with E-state index >= 15 is 0 Å². The van der Waals surface area contributed by atoms with Crippen molar-refractivity contribution in [2.24, 2.45) is 11.8 Å². The number of pyridine rings is 1. The Morgan fingerprint density at radius 2 is 1.68 bits per heavy atom. The largest absolute Gasteiger partial charge is 0.496 e. The molecule has 0 radical (unpaired) electrons. The number of benzene rings is 1. The minimum absolute atomic E-state index is 0.00893. The molecule has 1 aliphatic carbocycles. The van der Waals surface area contributed by atoms with Crippen molar-refractivity contribution < 1.29 is 28.5 Å². The highest BCUT2D eigenvalue weighted by molar-refractivity contribution is 6.76. The molecule has 0 unspecified atom stereocenters. The van der Waals surface area contributed by atoms with Crippen LogP contribution < -0.4 is 14.8 Å². The predicted octanol–water partition coefficient (Wildman–Crippen LogP) is 6.16. The summed E-state index contributed by atoms with van der Waals surface area (Å²) in [6.07, 6.45) is 2.61. The summed E-state index contributed by atoms with van der Waals surface area (Å²) >= 11 is 0. The fourth-order valence-corrected chi connectivity index (χ4v) is 6.71. The molecule has 2 atom stereocenters. The maximum Gasteiger partial charge on any atom is 0.410 e. The summed E-state index contributed by atoms with van der Waals surface area (Å²) in [5.41, 5.74) is 1.98. The van der Waals surface area contributed by atoms with Gasteiger partial charge in [0.2, 0.25) is 5.91 Å². The summed E-state index contributed by atoms with van der Waals surface area (Å²) in [5, 5.41) is 3.99. The molecule has 3 aromatic rings. The molecule has 2 aliphatic rings. The van der Waals surface area contributed by atoms with Gasteiger partial charge in [-0.05, 0) is 63.4 Å². The minimum atomic E-state index is -1.24. The Balaban J connectivity index is 1.26. The lowest BCUT2D eigenvalue weighted by molar-refractivity contribution is -0.117. The number of carbonyl (C=O) groups excluding carboxylic acids is 2. The van der Waals surface area contributed by atoms with Gasteiger partial charge in [0.1, 0.15) is 35.3 Å². The molecule has 0 spiro atoms. The van der Waals surface area contributed by atoms with Crippen molar-refractivity contribution in [1.29, 1.82) is 0 Å². The van der Waals surface area contributed by atoms with E-state index in [0.717, 1.165) is 48.6 Å². The number of ether oxygens (including phenoxy) is 4. The maximum absolute atomic E-state index is 13.3. The summed E-state index contributed by atoms with van der Waals surface area (Å²) in [4.78, 5) is 34.8. The Bertz CT molecular complexity index is 1550. The molecule has 1 aromatic carbocycles. The van der Waals surface area contributed by atoms with E-state index in [4.69, 9.17) is 23.9 Å². The third-order valence-corrected chi connectivity index (χ3v) is 10.4. The van der Waals surface area contributed by atoms with Crippen molar-refractivity contribution in [3.63, 3.8) is 0 Å². The number of anilines is 1. The molecule has 12 heteroatoms. The highest BCUT2D eigenvalue weighted by atomic mass is 28.3. The van der Waals surface area contributed by atoms with Crippen LogP contribution in [0.5, 0.6) is 11.5 Å². The van der Waals surface area contributed by atoms with E-state index in [1.807, 2.05) is 61.9 Å². The van der Waals surface area contributed by atoms with Crippen molar-refractivity contribution in [3.8, 4) is 22.6 Å². The van der Waals surface area contributed by atoms with Crippen LogP contribution in [0.4, 0.5) is 10.6 Å². The fourth-order valence-electron chi connectivity index (χ4n) is 5.95. The highest BCUT2D eigenvalue weighted by Gasteiger charge is 2.44. The number of hydrogen-bond donors (Lipinski definition) is 1.